The summed E-state index contributed by atoms with van der Waals surface area (Å²) in [5, 5.41) is 42.6. The van der Waals surface area contributed by atoms with Gasteiger partial charge in [0.05, 0.1) is 49.2 Å². The SMILES string of the molecule is CC[C@H](Cc1ccccc1)C(=O)N[C@H](C(=O)C[C@@H](CO)C(=O)N[C@H](CCC(N)=O)C(=O)C[C@@H](C(=O)N[C@H](C(=O)C[C@@H](CO)C(=O)N[C@H]1C(=O)N[C@@H](C)C(=O)N[C@@H](CCSC)C(=O)N[C@@H]([C@@H](C)CC)C(=O)N[C@H]1C)[C@@H](C)CC)[C@H](C)CC)[C@@H](C)CC. The molecular formula is C61H99N9O14S. The van der Waals surface area contributed by atoms with Crippen molar-refractivity contribution >= 4 is 82.3 Å². The van der Waals surface area contributed by atoms with Gasteiger partial charge in [-0.05, 0) is 80.8 Å². The van der Waals surface area contributed by atoms with Crippen molar-refractivity contribution in [1.29, 1.82) is 0 Å². The molecule has 2 rings (SSSR count). The fraction of sp³-hybridized carbons (Fsp3) is 0.705. The molecule has 1 fully saturated rings. The normalized spacial score (nSPS) is 21.6. The van der Waals surface area contributed by atoms with Gasteiger partial charge in [0.2, 0.25) is 53.2 Å². The average molecular weight is 1210 g/mol. The van der Waals surface area contributed by atoms with E-state index in [0.29, 0.717) is 44.3 Å². The van der Waals surface area contributed by atoms with Crippen LogP contribution >= 0.6 is 11.8 Å². The lowest BCUT2D eigenvalue weighted by Gasteiger charge is -2.31. The molecule has 12 N–H and O–H groups in total. The molecule has 1 heterocycles. The van der Waals surface area contributed by atoms with Crippen molar-refractivity contribution in [2.45, 2.75) is 202 Å². The van der Waals surface area contributed by atoms with Crippen LogP contribution in [0.4, 0.5) is 0 Å². The standard InChI is InChI=1S/C61H99N9O14S/c1-13-33(6)43(30-46(73)44(23-24-49(62)76)65-56(79)41(31-71)28-47(74)50(34(7)14-2)67-55(78)40(17-5)27-39-21-19-18-20-22-39)58(81)68-51(35(8)15-3)48(75)29-42(32-72)57(80)70-53-37(10)63-60(83)52(36(9)16-4)69-59(82)45(25-26-85-12)66-54(77)38(11)64-61(53)84/h18-22,33-38,40-45,50-53,71-72H,13-17,23-32H2,1-12H3,(H2,62,76)(H,63,83)(H,64,84)(H,65,79)(H,66,77)(H,67,78)(H,68,81)(H,69,82)(H,70,80)/t33-,34+,35+,36+,37+,38+,40-,41+,42+,43-,44-,45+,50+,51+,52+,53-/m1/s1. The zero-order valence-corrected chi connectivity index (χ0v) is 52.8. The van der Waals surface area contributed by atoms with E-state index in [0.717, 1.165) is 5.56 Å². The van der Waals surface area contributed by atoms with Gasteiger partial charge in [-0.25, -0.2) is 0 Å². The summed E-state index contributed by atoms with van der Waals surface area (Å²) in [5.74, 6) is -14.2. The van der Waals surface area contributed by atoms with Crippen LogP contribution in [0.15, 0.2) is 30.3 Å². The molecule has 23 nitrogen and oxygen atoms in total. The average Bonchev–Trinajstić information content (AvgIpc) is 3.77. The second kappa shape index (κ2) is 38.0. The molecule has 0 spiro atoms. The van der Waals surface area contributed by atoms with Gasteiger partial charge in [0, 0.05) is 37.5 Å². The van der Waals surface area contributed by atoms with Gasteiger partial charge >= 0.3 is 0 Å². The Labute approximate surface area is 506 Å². The van der Waals surface area contributed by atoms with Crippen LogP contribution in [0.1, 0.15) is 152 Å². The summed E-state index contributed by atoms with van der Waals surface area (Å²) in [4.78, 5) is 166. The van der Waals surface area contributed by atoms with Crippen molar-refractivity contribution in [3.63, 3.8) is 0 Å². The minimum absolute atomic E-state index is 0.228. The molecule has 0 radical (unpaired) electrons. The van der Waals surface area contributed by atoms with Gasteiger partial charge < -0.3 is 58.5 Å². The Kier molecular flexibility index (Phi) is 33.5. The summed E-state index contributed by atoms with van der Waals surface area (Å²) in [7, 11) is 0. The van der Waals surface area contributed by atoms with Crippen LogP contribution in [0, 0.1) is 47.3 Å². The Morgan fingerprint density at radius 2 is 1.14 bits per heavy atom. The summed E-state index contributed by atoms with van der Waals surface area (Å²) in [6.45, 7) is 17.1. The first-order valence-electron chi connectivity index (χ1n) is 30.2. The molecule has 9 amide bonds. The highest BCUT2D eigenvalue weighted by Crippen LogP contribution is 2.25. The number of hydrogen-bond donors (Lipinski definition) is 11. The number of ketones is 3. The predicted octanol–water partition coefficient (Wildman–Crippen LogP) is 2.10. The third-order valence-corrected chi connectivity index (χ3v) is 17.3. The third kappa shape index (κ3) is 23.8. The molecule has 478 valence electrons. The maximum atomic E-state index is 14.5. The van der Waals surface area contributed by atoms with E-state index in [1.54, 1.807) is 41.5 Å². The second-order valence-electron chi connectivity index (χ2n) is 23.1. The van der Waals surface area contributed by atoms with Gasteiger partial charge in [-0.15, -0.1) is 0 Å². The molecule has 16 atom stereocenters. The highest BCUT2D eigenvalue weighted by atomic mass is 32.2. The summed E-state index contributed by atoms with van der Waals surface area (Å²) < 4.78 is 0. The molecule has 0 unspecified atom stereocenters. The predicted molar refractivity (Wildman–Crippen MR) is 323 cm³/mol. The number of benzene rings is 1. The van der Waals surface area contributed by atoms with Crippen molar-refractivity contribution in [1.82, 2.24) is 42.5 Å². The maximum Gasteiger partial charge on any atom is 0.245 e. The first kappa shape index (κ1) is 74.8. The van der Waals surface area contributed by atoms with Crippen LogP contribution in [0.5, 0.6) is 0 Å². The van der Waals surface area contributed by atoms with Crippen molar-refractivity contribution in [2.24, 2.45) is 53.1 Å². The zero-order valence-electron chi connectivity index (χ0n) is 52.0. The zero-order chi connectivity index (χ0) is 64.2. The number of amides is 9. The minimum atomic E-state index is -1.57. The topological polar surface area (TPSA) is 368 Å². The molecule has 0 aliphatic carbocycles. The molecule has 1 aliphatic rings. The number of hydrogen-bond acceptors (Lipinski definition) is 15. The van der Waals surface area contributed by atoms with Crippen LogP contribution in [-0.2, 0) is 64.0 Å². The Balaban J connectivity index is 2.40. The van der Waals surface area contributed by atoms with E-state index >= 15 is 0 Å². The lowest BCUT2D eigenvalue weighted by Crippen LogP contribution is -2.62. The third-order valence-electron chi connectivity index (χ3n) is 16.7. The molecule has 1 aromatic rings. The number of nitrogens with one attached hydrogen (secondary N) is 8. The van der Waals surface area contributed by atoms with E-state index in [-0.39, 0.29) is 31.1 Å². The molecule has 24 heteroatoms. The van der Waals surface area contributed by atoms with E-state index in [1.807, 2.05) is 57.4 Å². The van der Waals surface area contributed by atoms with E-state index in [9.17, 15) is 67.7 Å². The fourth-order valence-electron chi connectivity index (χ4n) is 9.92. The molecule has 0 saturated carbocycles. The van der Waals surface area contributed by atoms with Crippen molar-refractivity contribution in [2.75, 3.05) is 25.2 Å². The molecular weight excluding hydrogens is 1110 g/mol. The van der Waals surface area contributed by atoms with Crippen LogP contribution < -0.4 is 48.3 Å². The van der Waals surface area contributed by atoms with E-state index in [1.165, 1.54) is 25.6 Å². The van der Waals surface area contributed by atoms with Gasteiger partial charge in [0.15, 0.2) is 17.3 Å². The van der Waals surface area contributed by atoms with Crippen molar-refractivity contribution in [3.8, 4) is 0 Å². The monoisotopic (exact) mass is 1210 g/mol. The van der Waals surface area contributed by atoms with Gasteiger partial charge in [-0.2, -0.15) is 11.8 Å². The highest BCUT2D eigenvalue weighted by molar-refractivity contribution is 7.98. The van der Waals surface area contributed by atoms with Crippen LogP contribution in [-0.4, -0.2) is 154 Å². The second-order valence-corrected chi connectivity index (χ2v) is 24.1. The van der Waals surface area contributed by atoms with E-state index < -0.39 is 187 Å². The summed E-state index contributed by atoms with van der Waals surface area (Å²) >= 11 is 1.45. The number of carbonyl (C=O) groups is 12. The van der Waals surface area contributed by atoms with Crippen molar-refractivity contribution < 1.29 is 67.7 Å². The number of primary amides is 1. The first-order chi connectivity index (χ1) is 40.2. The molecule has 0 aromatic heterocycles. The number of Topliss-reactive ketones (excluding diaryl/α,β-unsaturated/α-hetero) is 3. The van der Waals surface area contributed by atoms with Crippen molar-refractivity contribution in [3.05, 3.63) is 35.9 Å². The van der Waals surface area contributed by atoms with Crippen LogP contribution in [0.2, 0.25) is 0 Å². The minimum Gasteiger partial charge on any atom is -0.396 e. The van der Waals surface area contributed by atoms with Gasteiger partial charge in [-0.1, -0.05) is 118 Å². The smallest absolute Gasteiger partial charge is 0.245 e. The van der Waals surface area contributed by atoms with Gasteiger partial charge in [0.25, 0.3) is 0 Å². The van der Waals surface area contributed by atoms with Gasteiger partial charge in [0.1, 0.15) is 24.2 Å². The van der Waals surface area contributed by atoms with E-state index in [4.69, 9.17) is 5.73 Å². The number of aliphatic hydroxyl groups excluding tert-OH is 2. The Morgan fingerprint density at radius 1 is 0.600 bits per heavy atom. The maximum absolute atomic E-state index is 14.5. The lowest BCUT2D eigenvalue weighted by molar-refractivity contribution is -0.138. The summed E-state index contributed by atoms with van der Waals surface area (Å²) in [6, 6.07) is -0.349. The molecule has 85 heavy (non-hydrogen) atoms. The molecule has 0 bridgehead atoms. The summed E-state index contributed by atoms with van der Waals surface area (Å²) in [6.07, 6.45) is 2.38. The number of carbonyl (C=O) groups excluding carboxylic acids is 12. The largest absolute Gasteiger partial charge is 0.396 e. The Hall–Kier alpha value is -6.27. The lowest BCUT2D eigenvalue weighted by atomic mass is 9.83. The summed E-state index contributed by atoms with van der Waals surface area (Å²) in [5.41, 5.74) is 6.44. The highest BCUT2D eigenvalue weighted by Gasteiger charge is 2.40. The fourth-order valence-corrected chi connectivity index (χ4v) is 10.4. The molecule has 1 saturated heterocycles. The van der Waals surface area contributed by atoms with E-state index in [2.05, 4.69) is 42.5 Å². The van der Waals surface area contributed by atoms with Gasteiger partial charge in [-0.3, -0.25) is 57.5 Å². The number of nitrogens with two attached hydrogens (primary N) is 1. The van der Waals surface area contributed by atoms with Crippen LogP contribution in [0.3, 0.4) is 0 Å². The number of thioether (sulfide) groups is 1. The number of aliphatic hydroxyl groups is 2. The molecule has 1 aliphatic heterocycles. The Morgan fingerprint density at radius 3 is 1.65 bits per heavy atom. The first-order valence-corrected chi connectivity index (χ1v) is 31.6. The molecule has 1 aromatic carbocycles. The van der Waals surface area contributed by atoms with Crippen LogP contribution in [0.25, 0.3) is 0 Å². The Bertz CT molecular complexity index is 2420. The quantitative estimate of drug-likeness (QED) is 0.0458. The number of rotatable bonds is 36.